The molecule has 0 radical (unpaired) electrons. The predicted octanol–water partition coefficient (Wildman–Crippen LogP) is 1.77. The fraction of sp³-hybridized carbons (Fsp3) is 0.786. The van der Waals surface area contributed by atoms with Crippen molar-refractivity contribution < 1.29 is 23.9 Å². The topological polar surface area (TPSA) is 72.9 Å². The van der Waals surface area contributed by atoms with Crippen molar-refractivity contribution in [3.05, 3.63) is 0 Å². The molecule has 0 aliphatic carbocycles. The van der Waals surface area contributed by atoms with E-state index in [1.165, 1.54) is 12.0 Å². The van der Waals surface area contributed by atoms with Crippen LogP contribution in [0.1, 0.15) is 40.5 Å². The van der Waals surface area contributed by atoms with Gasteiger partial charge in [0.15, 0.2) is 5.78 Å². The van der Waals surface area contributed by atoms with Crippen LogP contribution in [0.25, 0.3) is 0 Å². The van der Waals surface area contributed by atoms with Crippen LogP contribution >= 0.6 is 0 Å². The molecule has 1 amide bonds. The number of piperidine rings is 1. The van der Waals surface area contributed by atoms with E-state index in [0.717, 1.165) is 0 Å². The number of Topliss-reactive ketones (excluding diaryl/α,β-unsaturated/α-hetero) is 1. The van der Waals surface area contributed by atoms with E-state index in [1.807, 2.05) is 0 Å². The summed E-state index contributed by atoms with van der Waals surface area (Å²) in [5.41, 5.74) is -1.87. The van der Waals surface area contributed by atoms with E-state index < -0.39 is 23.1 Å². The maximum atomic E-state index is 12.1. The Labute approximate surface area is 119 Å². The largest absolute Gasteiger partial charge is 0.468 e. The number of methoxy groups -OCH3 is 1. The lowest BCUT2D eigenvalue weighted by molar-refractivity contribution is -0.161. The molecule has 0 aromatic carbocycles. The highest BCUT2D eigenvalue weighted by atomic mass is 16.6. The monoisotopic (exact) mass is 285 g/mol. The third-order valence-electron chi connectivity index (χ3n) is 3.43. The number of carbonyl (C=O) groups is 3. The SMILES string of the molecule is CCC1(C(=O)OC)CN(C(=O)OC(C)(C)C)CCC1=O. The molecule has 0 bridgehead atoms. The Kier molecular flexibility index (Phi) is 4.78. The average molecular weight is 285 g/mol. The number of ketones is 1. The van der Waals surface area contributed by atoms with E-state index in [0.29, 0.717) is 6.42 Å². The number of nitrogens with zero attached hydrogens (tertiary/aromatic N) is 1. The van der Waals surface area contributed by atoms with Crippen molar-refractivity contribution in [2.45, 2.75) is 46.1 Å². The van der Waals surface area contributed by atoms with Gasteiger partial charge in [-0.05, 0) is 27.2 Å². The molecule has 1 aliphatic heterocycles. The van der Waals surface area contributed by atoms with Crippen LogP contribution in [-0.4, -0.2) is 48.5 Å². The Bertz CT molecular complexity index is 402. The molecule has 1 heterocycles. The maximum absolute atomic E-state index is 12.1. The first-order valence-corrected chi connectivity index (χ1v) is 6.76. The number of esters is 1. The Hall–Kier alpha value is -1.59. The van der Waals surface area contributed by atoms with Gasteiger partial charge < -0.3 is 14.4 Å². The highest BCUT2D eigenvalue weighted by Gasteiger charge is 2.50. The zero-order chi connectivity index (χ0) is 15.6. The molecule has 0 N–H and O–H groups in total. The maximum Gasteiger partial charge on any atom is 0.410 e. The Morgan fingerprint density at radius 1 is 1.35 bits per heavy atom. The van der Waals surface area contributed by atoms with Gasteiger partial charge in [-0.3, -0.25) is 9.59 Å². The fourth-order valence-electron chi connectivity index (χ4n) is 2.28. The van der Waals surface area contributed by atoms with Crippen LogP contribution in [0, 0.1) is 5.41 Å². The molecule has 0 saturated carbocycles. The van der Waals surface area contributed by atoms with Crippen molar-refractivity contribution in [3.8, 4) is 0 Å². The first kappa shape index (κ1) is 16.5. The summed E-state index contributed by atoms with van der Waals surface area (Å²) < 4.78 is 10.0. The van der Waals surface area contributed by atoms with E-state index in [4.69, 9.17) is 9.47 Å². The van der Waals surface area contributed by atoms with Gasteiger partial charge >= 0.3 is 12.1 Å². The van der Waals surface area contributed by atoms with Gasteiger partial charge in [0.2, 0.25) is 0 Å². The quantitative estimate of drug-likeness (QED) is 0.571. The van der Waals surface area contributed by atoms with Gasteiger partial charge in [-0.15, -0.1) is 0 Å². The van der Waals surface area contributed by atoms with Crippen molar-refractivity contribution >= 4 is 17.8 Å². The van der Waals surface area contributed by atoms with Crippen molar-refractivity contribution in [2.75, 3.05) is 20.2 Å². The minimum absolute atomic E-state index is 0.0178. The highest BCUT2D eigenvalue weighted by molar-refractivity contribution is 6.05. The molecule has 6 heteroatoms. The van der Waals surface area contributed by atoms with Crippen molar-refractivity contribution in [2.24, 2.45) is 5.41 Å². The molecule has 1 rings (SSSR count). The Morgan fingerprint density at radius 3 is 2.40 bits per heavy atom. The smallest absolute Gasteiger partial charge is 0.410 e. The highest BCUT2D eigenvalue weighted by Crippen LogP contribution is 2.32. The zero-order valence-corrected chi connectivity index (χ0v) is 12.8. The summed E-state index contributed by atoms with van der Waals surface area (Å²) in [5, 5.41) is 0. The lowest BCUT2D eigenvalue weighted by Gasteiger charge is -2.39. The van der Waals surface area contributed by atoms with Crippen LogP contribution in [0.5, 0.6) is 0 Å². The zero-order valence-electron chi connectivity index (χ0n) is 12.8. The minimum Gasteiger partial charge on any atom is -0.468 e. The number of hydrogen-bond acceptors (Lipinski definition) is 5. The van der Waals surface area contributed by atoms with E-state index >= 15 is 0 Å². The van der Waals surface area contributed by atoms with Gasteiger partial charge in [-0.25, -0.2) is 4.79 Å². The normalized spacial score (nSPS) is 23.4. The van der Waals surface area contributed by atoms with Gasteiger partial charge in [0.1, 0.15) is 11.0 Å². The van der Waals surface area contributed by atoms with Crippen molar-refractivity contribution in [1.82, 2.24) is 4.90 Å². The third kappa shape index (κ3) is 3.29. The van der Waals surface area contributed by atoms with Crippen molar-refractivity contribution in [1.29, 1.82) is 0 Å². The van der Waals surface area contributed by atoms with E-state index in [-0.39, 0.29) is 25.3 Å². The number of rotatable bonds is 2. The molecule has 1 unspecified atom stereocenters. The summed E-state index contributed by atoms with van der Waals surface area (Å²) in [5.74, 6) is -0.759. The van der Waals surface area contributed by atoms with Crippen LogP contribution in [0.4, 0.5) is 4.79 Å². The number of hydrogen-bond donors (Lipinski definition) is 0. The van der Waals surface area contributed by atoms with E-state index in [9.17, 15) is 14.4 Å². The Morgan fingerprint density at radius 2 is 1.95 bits per heavy atom. The molecule has 20 heavy (non-hydrogen) atoms. The van der Waals surface area contributed by atoms with E-state index in [1.54, 1.807) is 27.7 Å². The molecule has 0 spiro atoms. The van der Waals surface area contributed by atoms with Crippen LogP contribution < -0.4 is 0 Å². The molecule has 0 aromatic rings. The molecule has 6 nitrogen and oxygen atoms in total. The van der Waals surface area contributed by atoms with Crippen LogP contribution in [0.15, 0.2) is 0 Å². The van der Waals surface area contributed by atoms with Gasteiger partial charge in [0.05, 0.1) is 7.11 Å². The molecule has 114 valence electrons. The second-order valence-corrected chi connectivity index (χ2v) is 6.00. The first-order chi connectivity index (χ1) is 9.16. The molecule has 1 fully saturated rings. The van der Waals surface area contributed by atoms with Gasteiger partial charge in [0, 0.05) is 19.5 Å². The molecule has 1 saturated heterocycles. The predicted molar refractivity (Wildman–Crippen MR) is 72.2 cm³/mol. The van der Waals surface area contributed by atoms with Crippen LogP contribution in [0.3, 0.4) is 0 Å². The molecule has 1 aliphatic rings. The number of carbonyl (C=O) groups excluding carboxylic acids is 3. The number of ether oxygens (including phenoxy) is 2. The Balaban J connectivity index is 2.92. The van der Waals surface area contributed by atoms with Crippen LogP contribution in [-0.2, 0) is 19.1 Å². The second-order valence-electron chi connectivity index (χ2n) is 6.00. The van der Waals surface area contributed by atoms with Crippen LogP contribution in [0.2, 0.25) is 0 Å². The summed E-state index contributed by atoms with van der Waals surface area (Å²) in [6.07, 6.45) is -0.0632. The van der Waals surface area contributed by atoms with Crippen molar-refractivity contribution in [3.63, 3.8) is 0 Å². The lowest BCUT2D eigenvalue weighted by atomic mass is 9.76. The standard InChI is InChI=1S/C14H23NO5/c1-6-14(11(17)19-5)9-15(8-7-10(14)16)12(18)20-13(2,3)4/h6-9H2,1-5H3. The van der Waals surface area contributed by atoms with Gasteiger partial charge in [0.25, 0.3) is 0 Å². The molecular weight excluding hydrogens is 262 g/mol. The fourth-order valence-corrected chi connectivity index (χ4v) is 2.28. The summed E-state index contributed by atoms with van der Waals surface area (Å²) in [4.78, 5) is 37.6. The first-order valence-electron chi connectivity index (χ1n) is 6.76. The van der Waals surface area contributed by atoms with Gasteiger partial charge in [-0.2, -0.15) is 0 Å². The molecule has 1 atom stereocenters. The molecular formula is C14H23NO5. The molecule has 0 aromatic heterocycles. The summed E-state index contributed by atoms with van der Waals surface area (Å²) in [7, 11) is 1.25. The third-order valence-corrected chi connectivity index (χ3v) is 3.43. The summed E-state index contributed by atoms with van der Waals surface area (Å²) >= 11 is 0. The lowest BCUT2D eigenvalue weighted by Crippen LogP contribution is -2.56. The minimum atomic E-state index is -1.26. The second kappa shape index (κ2) is 5.81. The summed E-state index contributed by atoms with van der Waals surface area (Å²) in [6.45, 7) is 7.35. The summed E-state index contributed by atoms with van der Waals surface area (Å²) in [6, 6.07) is 0. The number of amides is 1. The number of likely N-dealkylation sites (tertiary alicyclic amines) is 1. The van der Waals surface area contributed by atoms with E-state index in [2.05, 4.69) is 0 Å². The van der Waals surface area contributed by atoms with Gasteiger partial charge in [-0.1, -0.05) is 6.92 Å². The average Bonchev–Trinajstić information content (AvgIpc) is 2.36.